The topological polar surface area (TPSA) is 90.0 Å². The number of hydrogen-bond acceptors (Lipinski definition) is 8. The molecule has 1 fully saturated rings. The molecule has 130 valence electrons. The molecule has 1 N–H and O–H groups in total. The van der Waals surface area contributed by atoms with Gasteiger partial charge in [0.2, 0.25) is 5.95 Å². The van der Waals surface area contributed by atoms with Crippen molar-refractivity contribution in [1.82, 2.24) is 30.1 Å². The number of aromatic nitrogens is 6. The Balaban J connectivity index is 1.53. The molecule has 1 aliphatic rings. The molecule has 3 aromatic heterocycles. The van der Waals surface area contributed by atoms with Crippen LogP contribution < -0.4 is 14.7 Å². The molecule has 0 saturated carbocycles. The lowest BCUT2D eigenvalue weighted by Gasteiger charge is -2.36. The van der Waals surface area contributed by atoms with Crippen molar-refractivity contribution in [3.05, 3.63) is 24.3 Å². The molecule has 0 amide bonds. The van der Waals surface area contributed by atoms with Crippen molar-refractivity contribution in [1.29, 1.82) is 0 Å². The zero-order valence-electron chi connectivity index (χ0n) is 14.6. The largest absolute Gasteiger partial charge is 0.353 e. The summed E-state index contributed by atoms with van der Waals surface area (Å²) in [5.74, 6) is 2.66. The Hall–Kier alpha value is -2.97. The molecule has 0 spiro atoms. The smallest absolute Gasteiger partial charge is 0.226 e. The summed E-state index contributed by atoms with van der Waals surface area (Å²) >= 11 is 0. The van der Waals surface area contributed by atoms with Gasteiger partial charge in [0.15, 0.2) is 5.65 Å². The van der Waals surface area contributed by atoms with Crippen molar-refractivity contribution in [2.45, 2.75) is 6.92 Å². The third-order valence-electron chi connectivity index (χ3n) is 4.36. The highest BCUT2D eigenvalue weighted by atomic mass is 15.3. The molecule has 0 bridgehead atoms. The lowest BCUT2D eigenvalue weighted by Crippen LogP contribution is -2.47. The van der Waals surface area contributed by atoms with E-state index in [0.717, 1.165) is 60.5 Å². The maximum atomic E-state index is 4.68. The number of aryl methyl sites for hydroxylation is 1. The predicted molar refractivity (Wildman–Crippen MR) is 97.2 cm³/mol. The van der Waals surface area contributed by atoms with Crippen LogP contribution in [-0.4, -0.2) is 70.4 Å². The van der Waals surface area contributed by atoms with E-state index in [2.05, 4.69) is 39.9 Å². The minimum Gasteiger partial charge on any atom is -0.353 e. The van der Waals surface area contributed by atoms with Crippen LogP contribution >= 0.6 is 0 Å². The zero-order valence-corrected chi connectivity index (χ0v) is 14.6. The van der Waals surface area contributed by atoms with Gasteiger partial charge in [0, 0.05) is 52.0 Å². The summed E-state index contributed by atoms with van der Waals surface area (Å²) in [6, 6.07) is 2.04. The Bertz CT molecular complexity index is 880. The number of nitrogens with zero attached hydrogens (tertiary/aromatic N) is 8. The van der Waals surface area contributed by atoms with E-state index in [9.17, 15) is 0 Å². The van der Waals surface area contributed by atoms with Crippen LogP contribution in [0.15, 0.2) is 18.6 Å². The molecular formula is C16H21N9. The van der Waals surface area contributed by atoms with E-state index in [1.54, 1.807) is 12.5 Å². The highest BCUT2D eigenvalue weighted by Crippen LogP contribution is 2.24. The third-order valence-corrected chi connectivity index (χ3v) is 4.36. The molecule has 1 aliphatic heterocycles. The molecule has 1 saturated heterocycles. The molecule has 0 radical (unpaired) electrons. The Labute approximate surface area is 145 Å². The van der Waals surface area contributed by atoms with Crippen molar-refractivity contribution in [2.75, 3.05) is 55.0 Å². The fourth-order valence-electron chi connectivity index (χ4n) is 3.05. The van der Waals surface area contributed by atoms with Crippen LogP contribution in [0.5, 0.6) is 0 Å². The average molecular weight is 339 g/mol. The quantitative estimate of drug-likeness (QED) is 0.751. The van der Waals surface area contributed by atoms with Gasteiger partial charge in [-0.2, -0.15) is 10.1 Å². The fraction of sp³-hybridized carbons (Fsp3) is 0.438. The van der Waals surface area contributed by atoms with Gasteiger partial charge in [-0.15, -0.1) is 0 Å². The maximum absolute atomic E-state index is 4.68. The highest BCUT2D eigenvalue weighted by Gasteiger charge is 2.22. The summed E-state index contributed by atoms with van der Waals surface area (Å²) < 4.78 is 0. The van der Waals surface area contributed by atoms with Crippen molar-refractivity contribution in [3.8, 4) is 0 Å². The molecule has 4 heterocycles. The van der Waals surface area contributed by atoms with E-state index < -0.39 is 0 Å². The first-order valence-electron chi connectivity index (χ1n) is 8.29. The van der Waals surface area contributed by atoms with E-state index in [1.807, 2.05) is 32.0 Å². The van der Waals surface area contributed by atoms with Crippen molar-refractivity contribution < 1.29 is 0 Å². The summed E-state index contributed by atoms with van der Waals surface area (Å²) in [6.07, 6.45) is 3.37. The molecule has 0 aromatic carbocycles. The predicted octanol–water partition coefficient (Wildman–Crippen LogP) is 0.844. The molecule has 9 heteroatoms. The molecule has 3 aromatic rings. The Kier molecular flexibility index (Phi) is 3.83. The Morgan fingerprint density at radius 3 is 2.56 bits per heavy atom. The van der Waals surface area contributed by atoms with Crippen molar-refractivity contribution in [3.63, 3.8) is 0 Å². The van der Waals surface area contributed by atoms with Gasteiger partial charge < -0.3 is 14.7 Å². The molecule has 25 heavy (non-hydrogen) atoms. The van der Waals surface area contributed by atoms with Crippen LogP contribution in [0, 0.1) is 6.92 Å². The number of piperazine rings is 1. The van der Waals surface area contributed by atoms with Crippen LogP contribution in [0.25, 0.3) is 11.0 Å². The van der Waals surface area contributed by atoms with Crippen LogP contribution in [-0.2, 0) is 0 Å². The van der Waals surface area contributed by atoms with Gasteiger partial charge in [-0.3, -0.25) is 5.10 Å². The van der Waals surface area contributed by atoms with Gasteiger partial charge in [-0.05, 0) is 6.92 Å². The van der Waals surface area contributed by atoms with Gasteiger partial charge in [-0.1, -0.05) is 0 Å². The first-order valence-corrected chi connectivity index (χ1v) is 8.29. The van der Waals surface area contributed by atoms with Crippen molar-refractivity contribution >= 4 is 28.6 Å². The fourth-order valence-corrected chi connectivity index (χ4v) is 3.05. The molecule has 0 aliphatic carbocycles. The number of nitrogens with one attached hydrogen (secondary N) is 1. The van der Waals surface area contributed by atoms with Gasteiger partial charge in [0.25, 0.3) is 0 Å². The second-order valence-electron chi connectivity index (χ2n) is 6.37. The van der Waals surface area contributed by atoms with Crippen LogP contribution in [0.1, 0.15) is 5.69 Å². The number of rotatable bonds is 3. The second kappa shape index (κ2) is 6.15. The molecule has 0 atom stereocenters. The maximum Gasteiger partial charge on any atom is 0.226 e. The van der Waals surface area contributed by atoms with E-state index in [1.165, 1.54) is 0 Å². The van der Waals surface area contributed by atoms with Gasteiger partial charge in [0.1, 0.15) is 18.0 Å². The standard InChI is InChI=1S/C16H21N9/c1-11-8-13(21-16(20-11)23(2)3)24-4-6-25(7-5-24)15-12-9-19-22-14(12)17-10-18-15/h8-10H,4-7H2,1-3H3,(H,17,18,19,22). The van der Waals surface area contributed by atoms with E-state index in [4.69, 9.17) is 0 Å². The number of anilines is 3. The number of aromatic amines is 1. The Morgan fingerprint density at radius 1 is 1.04 bits per heavy atom. The van der Waals surface area contributed by atoms with E-state index in [0.29, 0.717) is 0 Å². The van der Waals surface area contributed by atoms with Gasteiger partial charge in [0.05, 0.1) is 11.6 Å². The molecular weight excluding hydrogens is 318 g/mol. The number of hydrogen-bond donors (Lipinski definition) is 1. The normalized spacial score (nSPS) is 15.0. The van der Waals surface area contributed by atoms with Crippen molar-refractivity contribution in [2.24, 2.45) is 0 Å². The van der Waals surface area contributed by atoms with E-state index in [-0.39, 0.29) is 0 Å². The Morgan fingerprint density at radius 2 is 1.80 bits per heavy atom. The molecule has 4 rings (SSSR count). The summed E-state index contributed by atoms with van der Waals surface area (Å²) in [4.78, 5) is 24.3. The zero-order chi connectivity index (χ0) is 17.4. The SMILES string of the molecule is Cc1cc(N2CCN(c3ncnc4[nH]ncc34)CC2)nc(N(C)C)n1. The minimum atomic E-state index is 0.744. The number of H-pyrrole nitrogens is 1. The lowest BCUT2D eigenvalue weighted by molar-refractivity contribution is 0.641. The van der Waals surface area contributed by atoms with Gasteiger partial charge >= 0.3 is 0 Å². The van der Waals surface area contributed by atoms with Crippen LogP contribution in [0.3, 0.4) is 0 Å². The molecule has 9 nitrogen and oxygen atoms in total. The summed E-state index contributed by atoms with van der Waals surface area (Å²) in [6.45, 7) is 5.51. The summed E-state index contributed by atoms with van der Waals surface area (Å²) in [5, 5.41) is 7.93. The first-order chi connectivity index (χ1) is 12.1. The van der Waals surface area contributed by atoms with Crippen LogP contribution in [0.4, 0.5) is 17.6 Å². The van der Waals surface area contributed by atoms with E-state index >= 15 is 0 Å². The lowest BCUT2D eigenvalue weighted by atomic mass is 10.2. The first kappa shape index (κ1) is 15.6. The molecule has 0 unspecified atom stereocenters. The number of fused-ring (bicyclic) bond motifs is 1. The van der Waals surface area contributed by atoms with Gasteiger partial charge in [-0.25, -0.2) is 15.0 Å². The highest BCUT2D eigenvalue weighted by molar-refractivity contribution is 5.86. The second-order valence-corrected chi connectivity index (χ2v) is 6.37. The minimum absolute atomic E-state index is 0.744. The van der Waals surface area contributed by atoms with Crippen LogP contribution in [0.2, 0.25) is 0 Å². The average Bonchev–Trinajstić information content (AvgIpc) is 3.10. The summed E-state index contributed by atoms with van der Waals surface area (Å²) in [7, 11) is 3.92. The summed E-state index contributed by atoms with van der Waals surface area (Å²) in [5.41, 5.74) is 1.75. The monoisotopic (exact) mass is 339 g/mol. The third kappa shape index (κ3) is 2.92.